The molecule has 0 aromatic heterocycles. The molecule has 0 aliphatic rings. The van der Waals surface area contributed by atoms with Gasteiger partial charge >= 0.3 is 5.97 Å². The predicted octanol–water partition coefficient (Wildman–Crippen LogP) is 0.789. The second-order valence-electron chi connectivity index (χ2n) is 1.17. The highest BCUT2D eigenvalue weighted by Crippen LogP contribution is 1.81. The zero-order chi connectivity index (χ0) is 7.86. The molecule has 0 heterocycles. The van der Waals surface area contributed by atoms with Crippen molar-refractivity contribution in [3.8, 4) is 0 Å². The van der Waals surface area contributed by atoms with Crippen LogP contribution in [0.3, 0.4) is 0 Å². The first-order chi connectivity index (χ1) is 4.06. The zero-order valence-electron chi connectivity index (χ0n) is 4.87. The minimum absolute atomic E-state index is 0.176. The molecule has 5 nitrogen and oxygen atoms in total. The van der Waals surface area contributed by atoms with Gasteiger partial charge in [-0.05, 0) is 6.92 Å². The van der Waals surface area contributed by atoms with E-state index in [2.05, 4.69) is 6.58 Å². The summed E-state index contributed by atoms with van der Waals surface area (Å²) in [5, 5.41) is 15.8. The number of hydrogen-bond acceptors (Lipinski definition) is 3. The maximum Gasteiger partial charge on any atom is 0.330 e. The van der Waals surface area contributed by atoms with Crippen LogP contribution in [0, 0.1) is 4.91 Å². The average molecular weight is 133 g/mol. The molecule has 0 atom stereocenters. The van der Waals surface area contributed by atoms with Gasteiger partial charge in [0.05, 0.1) is 0 Å². The van der Waals surface area contributed by atoms with Gasteiger partial charge in [-0.2, -0.15) is 0 Å². The van der Waals surface area contributed by atoms with Gasteiger partial charge in [0.2, 0.25) is 0 Å². The van der Waals surface area contributed by atoms with E-state index in [1.807, 2.05) is 0 Å². The Morgan fingerprint density at radius 1 is 1.67 bits per heavy atom. The molecule has 0 aromatic carbocycles. The smallest absolute Gasteiger partial charge is 0.330 e. The summed E-state index contributed by atoms with van der Waals surface area (Å²) in [5.41, 5.74) is 0.176. The van der Waals surface area contributed by atoms with Gasteiger partial charge in [-0.25, -0.2) is 4.79 Å². The summed E-state index contributed by atoms with van der Waals surface area (Å²) in [6.45, 7) is 4.60. The fourth-order valence-electron chi connectivity index (χ4n) is 0. The highest BCUT2D eigenvalue weighted by Gasteiger charge is 1.90. The highest BCUT2D eigenvalue weighted by atomic mass is 16.6. The lowest BCUT2D eigenvalue weighted by Gasteiger charge is -1.79. The topological polar surface area (TPSA) is 87.0 Å². The van der Waals surface area contributed by atoms with E-state index in [0.717, 1.165) is 0 Å². The predicted molar refractivity (Wildman–Crippen MR) is 30.0 cm³/mol. The molecule has 0 rings (SSSR count). The first-order valence-corrected chi connectivity index (χ1v) is 1.91. The van der Waals surface area contributed by atoms with E-state index in [9.17, 15) is 4.79 Å². The van der Waals surface area contributed by atoms with Crippen molar-refractivity contribution in [2.24, 2.45) is 5.34 Å². The standard InChI is InChI=1S/C4H6O2.HNO2/c1-3(2)4(5)6;2-1-3/h1H2,2H3,(H,5,6);(H,2,3). The molecule has 0 saturated carbocycles. The number of aliphatic carboxylic acids is 1. The van der Waals surface area contributed by atoms with Crippen LogP contribution >= 0.6 is 0 Å². The van der Waals surface area contributed by atoms with Gasteiger partial charge in [-0.3, -0.25) is 0 Å². The van der Waals surface area contributed by atoms with Crippen molar-refractivity contribution in [3.63, 3.8) is 0 Å². The number of carboxylic acids is 1. The third kappa shape index (κ3) is 20.6. The summed E-state index contributed by atoms with van der Waals surface area (Å²) < 4.78 is 0. The van der Waals surface area contributed by atoms with Crippen molar-refractivity contribution < 1.29 is 15.1 Å². The summed E-state index contributed by atoms with van der Waals surface area (Å²) in [4.78, 5) is 17.7. The second-order valence-corrected chi connectivity index (χ2v) is 1.17. The monoisotopic (exact) mass is 133 g/mol. The van der Waals surface area contributed by atoms with E-state index in [1.54, 1.807) is 0 Å². The van der Waals surface area contributed by atoms with Crippen molar-refractivity contribution in [2.75, 3.05) is 0 Å². The van der Waals surface area contributed by atoms with Crippen LogP contribution in [0.1, 0.15) is 6.92 Å². The van der Waals surface area contributed by atoms with Gasteiger partial charge in [0.25, 0.3) is 0 Å². The lowest BCUT2D eigenvalue weighted by Crippen LogP contribution is -1.92. The van der Waals surface area contributed by atoms with Crippen LogP contribution in [-0.2, 0) is 4.79 Å². The van der Waals surface area contributed by atoms with E-state index >= 15 is 0 Å². The van der Waals surface area contributed by atoms with E-state index in [-0.39, 0.29) is 5.57 Å². The number of nitrogens with zero attached hydrogens (tertiary/aromatic N) is 1. The van der Waals surface area contributed by atoms with Gasteiger partial charge in [0, 0.05) is 5.57 Å². The molecule has 0 aromatic rings. The van der Waals surface area contributed by atoms with Crippen LogP contribution < -0.4 is 0 Å². The Hall–Kier alpha value is -1.39. The second kappa shape index (κ2) is 6.61. The molecule has 0 aliphatic heterocycles. The third-order valence-corrected chi connectivity index (χ3v) is 0.365. The molecule has 0 aliphatic carbocycles. The maximum absolute atomic E-state index is 9.60. The summed E-state index contributed by atoms with van der Waals surface area (Å²) >= 11 is 0. The van der Waals surface area contributed by atoms with Gasteiger partial charge in [0.1, 0.15) is 0 Å². The van der Waals surface area contributed by atoms with Crippen molar-refractivity contribution in [1.82, 2.24) is 0 Å². The van der Waals surface area contributed by atoms with E-state index in [4.69, 9.17) is 15.2 Å². The molecule has 9 heavy (non-hydrogen) atoms. The Kier molecular flexibility index (Phi) is 7.76. The lowest BCUT2D eigenvalue weighted by molar-refractivity contribution is -0.132. The fraction of sp³-hybridized carbons (Fsp3) is 0.250. The van der Waals surface area contributed by atoms with Crippen LogP contribution in [0.25, 0.3) is 0 Å². The molecule has 0 spiro atoms. The Morgan fingerprint density at radius 3 is 1.78 bits per heavy atom. The molecule has 0 unspecified atom stereocenters. The van der Waals surface area contributed by atoms with E-state index in [1.165, 1.54) is 12.3 Å². The number of carboxylic acid groups (broad SMARTS) is 1. The summed E-state index contributed by atoms with van der Waals surface area (Å²) in [6, 6.07) is 0. The van der Waals surface area contributed by atoms with Crippen molar-refractivity contribution in [2.45, 2.75) is 6.92 Å². The minimum Gasteiger partial charge on any atom is -0.478 e. The molecule has 0 amide bonds. The molecular formula is C4H7NO4. The minimum atomic E-state index is -0.935. The first-order valence-electron chi connectivity index (χ1n) is 1.91. The maximum atomic E-state index is 9.60. The Labute approximate surface area is 51.5 Å². The molecule has 52 valence electrons. The van der Waals surface area contributed by atoms with Gasteiger partial charge in [-0.1, -0.05) is 6.58 Å². The third-order valence-electron chi connectivity index (χ3n) is 0.365. The SMILES string of the molecule is C=C(C)C(=O)O.O=NO. The van der Waals surface area contributed by atoms with Crippen LogP contribution in [-0.4, -0.2) is 16.3 Å². The molecular weight excluding hydrogens is 126 g/mol. The summed E-state index contributed by atoms with van der Waals surface area (Å²) in [5.74, 6) is -0.935. The highest BCUT2D eigenvalue weighted by molar-refractivity contribution is 5.84. The van der Waals surface area contributed by atoms with Crippen molar-refractivity contribution in [1.29, 1.82) is 0 Å². The molecule has 0 saturated heterocycles. The normalized spacial score (nSPS) is 6.33. The number of rotatable bonds is 1. The van der Waals surface area contributed by atoms with Gasteiger partial charge < -0.3 is 10.3 Å². The average Bonchev–Trinajstić information content (AvgIpc) is 1.68. The summed E-state index contributed by atoms with van der Waals surface area (Å²) in [6.07, 6.45) is 0. The van der Waals surface area contributed by atoms with E-state index in [0.29, 0.717) is 0 Å². The zero-order valence-corrected chi connectivity index (χ0v) is 4.87. The number of carbonyl (C=O) groups is 1. The molecule has 0 bridgehead atoms. The van der Waals surface area contributed by atoms with Gasteiger partial charge in [0.15, 0.2) is 5.34 Å². The Morgan fingerprint density at radius 2 is 1.78 bits per heavy atom. The molecule has 5 heteroatoms. The van der Waals surface area contributed by atoms with Crippen molar-refractivity contribution in [3.05, 3.63) is 17.1 Å². The molecule has 2 N–H and O–H groups in total. The largest absolute Gasteiger partial charge is 0.478 e. The fourth-order valence-corrected chi connectivity index (χ4v) is 0. The Balaban J connectivity index is 0. The Bertz CT molecular complexity index is 108. The van der Waals surface area contributed by atoms with Crippen LogP contribution in [0.2, 0.25) is 0 Å². The quantitative estimate of drug-likeness (QED) is 0.314. The lowest BCUT2D eigenvalue weighted by atomic mass is 10.4. The van der Waals surface area contributed by atoms with Crippen LogP contribution in [0.4, 0.5) is 0 Å². The number of hydrogen-bond donors (Lipinski definition) is 2. The summed E-state index contributed by atoms with van der Waals surface area (Å²) in [7, 11) is 0. The van der Waals surface area contributed by atoms with Gasteiger partial charge in [-0.15, -0.1) is 4.91 Å². The molecule has 0 radical (unpaired) electrons. The van der Waals surface area contributed by atoms with Crippen LogP contribution in [0.5, 0.6) is 0 Å². The van der Waals surface area contributed by atoms with Crippen LogP contribution in [0.15, 0.2) is 17.5 Å². The van der Waals surface area contributed by atoms with E-state index < -0.39 is 5.97 Å². The first kappa shape index (κ1) is 10.6. The van der Waals surface area contributed by atoms with Crippen molar-refractivity contribution >= 4 is 5.97 Å². The molecule has 0 fully saturated rings.